The Morgan fingerprint density at radius 3 is 2.41 bits per heavy atom. The highest BCUT2D eigenvalue weighted by molar-refractivity contribution is 5.77. The van der Waals surface area contributed by atoms with Gasteiger partial charge in [0, 0.05) is 24.1 Å². The number of aliphatic hydroxyl groups excluding tert-OH is 1. The lowest BCUT2D eigenvalue weighted by Gasteiger charge is -2.61. The van der Waals surface area contributed by atoms with Crippen molar-refractivity contribution in [3.8, 4) is 0 Å². The Labute approximate surface area is 133 Å². The lowest BCUT2D eigenvalue weighted by Crippen LogP contribution is -2.72. The molecule has 2 N–H and O–H groups in total. The van der Waals surface area contributed by atoms with Gasteiger partial charge in [-0.05, 0) is 32.3 Å². The highest BCUT2D eigenvalue weighted by Crippen LogP contribution is 2.46. The third kappa shape index (κ3) is 3.12. The summed E-state index contributed by atoms with van der Waals surface area (Å²) in [4.78, 5) is 14.5. The number of carbonyl (C=O) groups is 1. The van der Waals surface area contributed by atoms with Crippen molar-refractivity contribution >= 4 is 6.03 Å². The SMILES string of the molecule is CC1(C)CN(C(=O)NC(CCCO)c2ccccc2)C1(C)C. The van der Waals surface area contributed by atoms with Crippen molar-refractivity contribution in [3.63, 3.8) is 0 Å². The number of nitrogens with one attached hydrogen (secondary N) is 1. The molecule has 4 nitrogen and oxygen atoms in total. The first kappa shape index (κ1) is 16.8. The fourth-order valence-electron chi connectivity index (χ4n) is 2.92. The summed E-state index contributed by atoms with van der Waals surface area (Å²) in [5.74, 6) is 0. The Morgan fingerprint density at radius 1 is 1.27 bits per heavy atom. The molecule has 0 aromatic heterocycles. The van der Waals surface area contributed by atoms with E-state index in [2.05, 4.69) is 33.0 Å². The standard InChI is InChI=1S/C18H28N2O2/c1-17(2)13-20(18(17,3)4)16(22)19-15(11-8-12-21)14-9-6-5-7-10-14/h5-7,9-10,15,21H,8,11-13H2,1-4H3,(H,19,22). The Hall–Kier alpha value is -1.55. The molecule has 1 aliphatic heterocycles. The van der Waals surface area contributed by atoms with E-state index in [1.807, 2.05) is 35.2 Å². The van der Waals surface area contributed by atoms with Gasteiger partial charge < -0.3 is 15.3 Å². The molecule has 1 unspecified atom stereocenters. The van der Waals surface area contributed by atoms with Gasteiger partial charge in [-0.15, -0.1) is 0 Å². The fraction of sp³-hybridized carbons (Fsp3) is 0.611. The number of nitrogens with zero attached hydrogens (tertiary/aromatic N) is 1. The van der Waals surface area contributed by atoms with E-state index < -0.39 is 0 Å². The predicted molar refractivity (Wildman–Crippen MR) is 88.6 cm³/mol. The molecular weight excluding hydrogens is 276 g/mol. The van der Waals surface area contributed by atoms with Gasteiger partial charge in [-0.1, -0.05) is 44.2 Å². The molecule has 1 heterocycles. The van der Waals surface area contributed by atoms with Gasteiger partial charge in [-0.25, -0.2) is 4.79 Å². The first-order valence-corrected chi connectivity index (χ1v) is 8.03. The van der Waals surface area contributed by atoms with Crippen LogP contribution in [0.3, 0.4) is 0 Å². The van der Waals surface area contributed by atoms with Gasteiger partial charge in [0.1, 0.15) is 0 Å². The van der Waals surface area contributed by atoms with E-state index in [0.29, 0.717) is 6.42 Å². The van der Waals surface area contributed by atoms with E-state index in [0.717, 1.165) is 18.5 Å². The van der Waals surface area contributed by atoms with Crippen LogP contribution in [0.4, 0.5) is 4.79 Å². The molecule has 22 heavy (non-hydrogen) atoms. The van der Waals surface area contributed by atoms with Crippen molar-refractivity contribution in [3.05, 3.63) is 35.9 Å². The van der Waals surface area contributed by atoms with Crippen LogP contribution in [0.1, 0.15) is 52.1 Å². The summed E-state index contributed by atoms with van der Waals surface area (Å²) in [7, 11) is 0. The molecule has 1 aromatic rings. The van der Waals surface area contributed by atoms with Gasteiger partial charge in [0.15, 0.2) is 0 Å². The maximum absolute atomic E-state index is 12.6. The lowest BCUT2D eigenvalue weighted by molar-refractivity contribution is -0.0814. The van der Waals surface area contributed by atoms with E-state index >= 15 is 0 Å². The number of aliphatic hydroxyl groups is 1. The smallest absolute Gasteiger partial charge is 0.318 e. The van der Waals surface area contributed by atoms with Gasteiger partial charge in [0.05, 0.1) is 6.04 Å². The van der Waals surface area contributed by atoms with Crippen LogP contribution in [0.25, 0.3) is 0 Å². The molecule has 1 aliphatic rings. The quantitative estimate of drug-likeness (QED) is 0.876. The molecule has 0 radical (unpaired) electrons. The number of hydrogen-bond donors (Lipinski definition) is 2. The van der Waals surface area contributed by atoms with Crippen LogP contribution in [-0.4, -0.2) is 34.7 Å². The van der Waals surface area contributed by atoms with Crippen molar-refractivity contribution in [1.82, 2.24) is 10.2 Å². The van der Waals surface area contributed by atoms with E-state index in [-0.39, 0.29) is 29.6 Å². The first-order valence-electron chi connectivity index (χ1n) is 8.03. The number of amides is 2. The molecule has 1 fully saturated rings. The lowest BCUT2D eigenvalue weighted by atomic mass is 9.65. The van der Waals surface area contributed by atoms with Crippen LogP contribution in [-0.2, 0) is 0 Å². The highest BCUT2D eigenvalue weighted by atomic mass is 16.3. The summed E-state index contributed by atoms with van der Waals surface area (Å²) in [6.45, 7) is 9.52. The molecule has 2 amide bonds. The van der Waals surface area contributed by atoms with Crippen LogP contribution in [0, 0.1) is 5.41 Å². The molecule has 0 saturated carbocycles. The minimum atomic E-state index is -0.144. The van der Waals surface area contributed by atoms with Crippen LogP contribution in [0.2, 0.25) is 0 Å². The predicted octanol–water partition coefficient (Wildman–Crippen LogP) is 3.33. The number of benzene rings is 1. The van der Waals surface area contributed by atoms with Crippen molar-refractivity contribution in [2.24, 2.45) is 5.41 Å². The first-order chi connectivity index (χ1) is 10.3. The normalized spacial score (nSPS) is 20.1. The Kier molecular flexibility index (Phi) is 4.81. The Balaban J connectivity index is 2.06. The van der Waals surface area contributed by atoms with E-state index in [1.165, 1.54) is 0 Å². The number of urea groups is 1. The molecule has 122 valence electrons. The van der Waals surface area contributed by atoms with Crippen LogP contribution < -0.4 is 5.32 Å². The summed E-state index contributed by atoms with van der Waals surface area (Å²) in [6.07, 6.45) is 1.42. The number of likely N-dealkylation sites (tertiary alicyclic amines) is 1. The average molecular weight is 304 g/mol. The second-order valence-corrected chi connectivity index (χ2v) is 7.31. The molecule has 2 rings (SSSR count). The third-order valence-corrected chi connectivity index (χ3v) is 5.28. The zero-order valence-corrected chi connectivity index (χ0v) is 14.1. The van der Waals surface area contributed by atoms with Gasteiger partial charge in [0.2, 0.25) is 0 Å². The Bertz CT molecular complexity index is 511. The molecule has 0 spiro atoms. The molecule has 0 bridgehead atoms. The monoisotopic (exact) mass is 304 g/mol. The molecule has 4 heteroatoms. The van der Waals surface area contributed by atoms with E-state index in [4.69, 9.17) is 5.11 Å². The van der Waals surface area contributed by atoms with Crippen LogP contribution in [0.5, 0.6) is 0 Å². The van der Waals surface area contributed by atoms with Crippen molar-refractivity contribution in [1.29, 1.82) is 0 Å². The summed E-state index contributed by atoms with van der Waals surface area (Å²) in [5, 5.41) is 12.2. The summed E-state index contributed by atoms with van der Waals surface area (Å²) < 4.78 is 0. The molecule has 1 atom stereocenters. The van der Waals surface area contributed by atoms with E-state index in [1.54, 1.807) is 0 Å². The second-order valence-electron chi connectivity index (χ2n) is 7.31. The highest BCUT2D eigenvalue weighted by Gasteiger charge is 2.54. The maximum atomic E-state index is 12.6. The third-order valence-electron chi connectivity index (χ3n) is 5.28. The largest absolute Gasteiger partial charge is 0.396 e. The number of carbonyl (C=O) groups excluding carboxylic acids is 1. The second kappa shape index (κ2) is 6.29. The van der Waals surface area contributed by atoms with E-state index in [9.17, 15) is 4.79 Å². The maximum Gasteiger partial charge on any atom is 0.318 e. The van der Waals surface area contributed by atoms with Gasteiger partial charge in [-0.3, -0.25) is 0 Å². The van der Waals surface area contributed by atoms with Gasteiger partial charge >= 0.3 is 6.03 Å². The topological polar surface area (TPSA) is 52.6 Å². The minimum absolute atomic E-state index is 0.0175. The van der Waals surface area contributed by atoms with Crippen molar-refractivity contribution < 1.29 is 9.90 Å². The summed E-state index contributed by atoms with van der Waals surface area (Å²) in [5.41, 5.74) is 1.08. The zero-order valence-electron chi connectivity index (χ0n) is 14.1. The summed E-state index contributed by atoms with van der Waals surface area (Å²) in [6, 6.07) is 9.89. The fourth-order valence-corrected chi connectivity index (χ4v) is 2.92. The zero-order chi connectivity index (χ0) is 16.4. The number of rotatable bonds is 5. The molecular formula is C18H28N2O2. The molecule has 1 saturated heterocycles. The molecule has 0 aliphatic carbocycles. The minimum Gasteiger partial charge on any atom is -0.396 e. The molecule has 1 aromatic carbocycles. The van der Waals surface area contributed by atoms with Crippen molar-refractivity contribution in [2.75, 3.05) is 13.2 Å². The van der Waals surface area contributed by atoms with Gasteiger partial charge in [0.25, 0.3) is 0 Å². The van der Waals surface area contributed by atoms with Crippen LogP contribution in [0.15, 0.2) is 30.3 Å². The van der Waals surface area contributed by atoms with Crippen molar-refractivity contribution in [2.45, 2.75) is 52.1 Å². The summed E-state index contributed by atoms with van der Waals surface area (Å²) >= 11 is 0. The Morgan fingerprint density at radius 2 is 1.91 bits per heavy atom. The average Bonchev–Trinajstić information content (AvgIpc) is 2.49. The number of hydrogen-bond acceptors (Lipinski definition) is 2. The van der Waals surface area contributed by atoms with Gasteiger partial charge in [-0.2, -0.15) is 0 Å². The van der Waals surface area contributed by atoms with Crippen LogP contribution >= 0.6 is 0 Å².